The van der Waals surface area contributed by atoms with Crippen LogP contribution in [0.25, 0.3) is 11.3 Å². The van der Waals surface area contributed by atoms with Gasteiger partial charge in [0.15, 0.2) is 0 Å². The molecule has 2 aromatic heterocycles. The van der Waals surface area contributed by atoms with Gasteiger partial charge < -0.3 is 39.9 Å². The van der Waals surface area contributed by atoms with Gasteiger partial charge in [0, 0.05) is 30.4 Å². The lowest BCUT2D eigenvalue weighted by Crippen LogP contribution is -2.46. The van der Waals surface area contributed by atoms with Crippen LogP contribution in [-0.4, -0.2) is 87.6 Å². The quantitative estimate of drug-likeness (QED) is 0.149. The number of rotatable bonds is 10. The van der Waals surface area contributed by atoms with E-state index in [1.165, 1.54) is 25.5 Å². The van der Waals surface area contributed by atoms with Gasteiger partial charge in [0.1, 0.15) is 24.2 Å². The number of carbonyl (C=O) groups is 4. The third kappa shape index (κ3) is 7.01. The first-order valence-corrected chi connectivity index (χ1v) is 19.7. The molecule has 4 aromatic rings. The molecule has 3 aliphatic carbocycles. The maximum absolute atomic E-state index is 13.9. The average Bonchev–Trinajstić information content (AvgIpc) is 4.09. The van der Waals surface area contributed by atoms with Crippen LogP contribution in [-0.2, 0) is 29.9 Å². The summed E-state index contributed by atoms with van der Waals surface area (Å²) < 4.78 is 9.46. The van der Waals surface area contributed by atoms with Crippen molar-refractivity contribution in [2.45, 2.75) is 93.2 Å². The highest BCUT2D eigenvalue weighted by Crippen LogP contribution is 2.58. The molecule has 9 rings (SSSR count). The summed E-state index contributed by atoms with van der Waals surface area (Å²) >= 11 is 0. The minimum Gasteiger partial charge on any atom is -0.453 e. The molecule has 2 aliphatic heterocycles. The van der Waals surface area contributed by atoms with Crippen LogP contribution in [0.2, 0.25) is 0 Å². The number of hydrogen-bond acceptors (Lipinski definition) is 8. The Bertz CT molecular complexity index is 2040. The van der Waals surface area contributed by atoms with Gasteiger partial charge in [-0.2, -0.15) is 0 Å². The van der Waals surface area contributed by atoms with Crippen LogP contribution in [0.15, 0.2) is 67.0 Å². The van der Waals surface area contributed by atoms with Crippen molar-refractivity contribution >= 4 is 24.0 Å². The molecule has 0 radical (unpaired) electrons. The van der Waals surface area contributed by atoms with Crippen molar-refractivity contribution in [2.24, 2.45) is 0 Å². The summed E-state index contributed by atoms with van der Waals surface area (Å²) in [5.74, 6) is 1.24. The van der Waals surface area contributed by atoms with Gasteiger partial charge in [-0.3, -0.25) is 9.59 Å². The number of fused-ring (bicyclic) bond motifs is 3. The summed E-state index contributed by atoms with van der Waals surface area (Å²) in [5.41, 5.74) is 5.39. The molecule has 2 saturated heterocycles. The maximum atomic E-state index is 13.9. The van der Waals surface area contributed by atoms with Gasteiger partial charge in [0.25, 0.3) is 5.91 Å². The third-order valence-corrected chi connectivity index (χ3v) is 13.0. The number of aromatic nitrogens is 4. The van der Waals surface area contributed by atoms with E-state index in [-0.39, 0.29) is 41.3 Å². The van der Waals surface area contributed by atoms with Crippen LogP contribution in [0.4, 0.5) is 9.59 Å². The molecule has 4 heterocycles. The van der Waals surface area contributed by atoms with E-state index in [0.717, 1.165) is 87.1 Å². The molecule has 2 bridgehead atoms. The lowest BCUT2D eigenvalue weighted by molar-refractivity contribution is -0.134. The first-order valence-electron chi connectivity index (χ1n) is 19.7. The number of nitrogens with zero attached hydrogens (tertiary/aromatic N) is 4. The van der Waals surface area contributed by atoms with E-state index in [1.54, 1.807) is 0 Å². The molecule has 4 N–H and O–H groups in total. The number of alkyl carbamates (subject to hydrolysis) is 2. The van der Waals surface area contributed by atoms with Crippen LogP contribution in [0.1, 0.15) is 111 Å². The first kappa shape index (κ1) is 37.3. The van der Waals surface area contributed by atoms with Crippen molar-refractivity contribution in [2.75, 3.05) is 33.9 Å². The number of H-pyrrole nitrogens is 2. The lowest BCUT2D eigenvalue weighted by atomic mass is 9.51. The Kier molecular flexibility index (Phi) is 10.3. The second kappa shape index (κ2) is 15.5. The van der Waals surface area contributed by atoms with Gasteiger partial charge in [-0.05, 0) is 86.3 Å². The molecule has 2 aromatic carbocycles. The molecule has 5 aliphatic rings. The van der Waals surface area contributed by atoms with Crippen LogP contribution >= 0.6 is 0 Å². The van der Waals surface area contributed by atoms with Crippen LogP contribution in [0.3, 0.4) is 0 Å². The molecule has 3 saturated carbocycles. The van der Waals surface area contributed by atoms with Crippen molar-refractivity contribution in [3.8, 4) is 11.3 Å². The highest BCUT2D eigenvalue weighted by Gasteiger charge is 2.51. The van der Waals surface area contributed by atoms with Crippen molar-refractivity contribution in [1.29, 1.82) is 0 Å². The molecular weight excluding hydrogens is 713 g/mol. The van der Waals surface area contributed by atoms with Gasteiger partial charge >= 0.3 is 12.2 Å². The predicted molar refractivity (Wildman–Crippen MR) is 206 cm³/mol. The van der Waals surface area contributed by atoms with Gasteiger partial charge in [-0.15, -0.1) is 0 Å². The Labute approximate surface area is 326 Å². The van der Waals surface area contributed by atoms with Crippen molar-refractivity contribution < 1.29 is 28.7 Å². The number of imidazole rings is 2. The minimum absolute atomic E-state index is 0.0606. The van der Waals surface area contributed by atoms with Gasteiger partial charge in [-0.25, -0.2) is 19.6 Å². The van der Waals surface area contributed by atoms with Crippen molar-refractivity contribution in [3.63, 3.8) is 0 Å². The van der Waals surface area contributed by atoms with E-state index in [0.29, 0.717) is 18.7 Å². The number of likely N-dealkylation sites (tertiary alicyclic amines) is 2. The van der Waals surface area contributed by atoms with E-state index in [1.807, 2.05) is 52.5 Å². The second-order valence-electron chi connectivity index (χ2n) is 15.8. The molecule has 14 heteroatoms. The largest absolute Gasteiger partial charge is 0.453 e. The number of aromatic amines is 2. The first-order chi connectivity index (χ1) is 27.2. The Hall–Kier alpha value is -5.66. The summed E-state index contributed by atoms with van der Waals surface area (Å²) in [6.45, 7) is 1.12. The maximum Gasteiger partial charge on any atom is 0.407 e. The minimum atomic E-state index is -0.864. The van der Waals surface area contributed by atoms with E-state index >= 15 is 0 Å². The fourth-order valence-corrected chi connectivity index (χ4v) is 9.72. The summed E-state index contributed by atoms with van der Waals surface area (Å²) in [4.78, 5) is 71.0. The zero-order valence-corrected chi connectivity index (χ0v) is 32.0. The van der Waals surface area contributed by atoms with E-state index in [4.69, 9.17) is 14.7 Å². The smallest absolute Gasteiger partial charge is 0.407 e. The van der Waals surface area contributed by atoms with Crippen LogP contribution in [0.5, 0.6) is 0 Å². The Morgan fingerprint density at radius 1 is 0.768 bits per heavy atom. The van der Waals surface area contributed by atoms with E-state index in [2.05, 4.69) is 49.6 Å². The number of carbonyl (C=O) groups excluding carboxylic acids is 4. The second-order valence-corrected chi connectivity index (χ2v) is 15.8. The number of ether oxygens (including phenoxy) is 2. The highest BCUT2D eigenvalue weighted by atomic mass is 16.5. The molecule has 14 nitrogen and oxygen atoms in total. The number of nitrogens with one attached hydrogen (secondary N) is 4. The van der Waals surface area contributed by atoms with E-state index in [9.17, 15) is 19.2 Å². The summed E-state index contributed by atoms with van der Waals surface area (Å²) in [7, 11) is 2.57. The predicted octanol–water partition coefficient (Wildman–Crippen LogP) is 6.12. The normalized spacial score (nSPS) is 24.8. The molecule has 56 heavy (non-hydrogen) atoms. The summed E-state index contributed by atoms with van der Waals surface area (Å²) in [6, 6.07) is 16.9. The van der Waals surface area contributed by atoms with Crippen LogP contribution < -0.4 is 10.6 Å². The van der Waals surface area contributed by atoms with Crippen LogP contribution in [0, 0.1) is 0 Å². The zero-order valence-electron chi connectivity index (χ0n) is 32.0. The number of benzene rings is 2. The highest BCUT2D eigenvalue weighted by molar-refractivity contribution is 5.87. The van der Waals surface area contributed by atoms with Crippen molar-refractivity contribution in [3.05, 3.63) is 95.5 Å². The molecule has 5 fully saturated rings. The zero-order chi connectivity index (χ0) is 38.9. The molecular formula is C42H50N8O6. The molecule has 4 amide bonds. The standard InChI is InChI=1S/C42H50N8O6/c1-55-39(53)45-26-34(51)49-22-6-10-31(49)37-44-25-33(47-37)42-19-16-41(17-20-42,18-21-42)29-14-12-27(13-15-29)30-24-43-36(46-30)32-11-7-23-50(32)38(52)35(48-40(54)56-2)28-8-4-3-5-9-28/h3-5,8-9,12-15,24-25,31-32,35H,6-7,10-11,16-23,26H2,1-2H3,(H,43,46)(H,44,47)(H,45,53)(H,48,54)/t31-,32-,35+,41?,42?/m0/s1. The summed E-state index contributed by atoms with van der Waals surface area (Å²) in [5, 5.41) is 5.23. The Morgan fingerprint density at radius 3 is 2.05 bits per heavy atom. The molecule has 0 spiro atoms. The number of amides is 4. The number of hydrogen-bond donors (Lipinski definition) is 4. The fourth-order valence-electron chi connectivity index (χ4n) is 9.72. The number of methoxy groups -OCH3 is 2. The summed E-state index contributed by atoms with van der Waals surface area (Å²) in [6.07, 6.45) is 12.4. The Morgan fingerprint density at radius 2 is 1.38 bits per heavy atom. The topological polar surface area (TPSA) is 175 Å². The SMILES string of the molecule is COC(=O)NCC(=O)N1CCC[C@H]1c1ncc(C23CCC(c4ccc(-c5cnc([C@@H]6CCCN6C(=O)[C@H](NC(=O)OC)c6ccccc6)[nH]5)cc4)(CC2)CC3)[nH]1. The lowest BCUT2D eigenvalue weighted by Gasteiger charge is -2.53. The van der Waals surface area contributed by atoms with Gasteiger partial charge in [0.05, 0.1) is 38.2 Å². The Balaban J connectivity index is 0.912. The fraction of sp³-hybridized carbons (Fsp3) is 0.476. The molecule has 294 valence electrons. The monoisotopic (exact) mass is 762 g/mol. The van der Waals surface area contributed by atoms with Crippen molar-refractivity contribution in [1.82, 2.24) is 40.4 Å². The average molecular weight is 763 g/mol. The van der Waals surface area contributed by atoms with Gasteiger partial charge in [-0.1, -0.05) is 54.6 Å². The molecule has 3 atom stereocenters. The third-order valence-electron chi connectivity index (χ3n) is 13.0. The molecule has 0 unspecified atom stereocenters. The van der Waals surface area contributed by atoms with Gasteiger partial charge in [0.2, 0.25) is 5.91 Å². The van der Waals surface area contributed by atoms with E-state index < -0.39 is 18.2 Å².